The third-order valence-corrected chi connectivity index (χ3v) is 6.56. The van der Waals surface area contributed by atoms with Crippen LogP contribution in [0.15, 0.2) is 60.7 Å². The van der Waals surface area contributed by atoms with Crippen LogP contribution in [0.4, 0.5) is 0 Å². The molecule has 1 aliphatic rings. The molecule has 1 fully saturated rings. The van der Waals surface area contributed by atoms with Crippen molar-refractivity contribution in [1.82, 2.24) is 0 Å². The van der Waals surface area contributed by atoms with E-state index in [-0.39, 0.29) is 0 Å². The van der Waals surface area contributed by atoms with Crippen LogP contribution in [0.5, 0.6) is 11.5 Å². The van der Waals surface area contributed by atoms with Gasteiger partial charge in [0.1, 0.15) is 18.1 Å². The molecule has 0 heterocycles. The van der Waals surface area contributed by atoms with Gasteiger partial charge >= 0.3 is 5.97 Å². The molecule has 3 rings (SSSR count). The standard InChI is InChI=1S/C29H38O4/c1-3-4-5-7-23-9-11-24(12-10-23)8-6-21-32-27-17-13-25(14-18-27)26-15-19-28(20-16-26)33-22(2)29(30)31/h6,8,13-20,22-24H,3-5,7,9-12,21H2,1-2H3,(H,30,31). The molecule has 33 heavy (non-hydrogen) atoms. The summed E-state index contributed by atoms with van der Waals surface area (Å²) in [6.45, 7) is 4.40. The fraction of sp³-hybridized carbons (Fsp3) is 0.483. The maximum atomic E-state index is 10.9. The molecule has 0 aromatic heterocycles. The molecular formula is C29H38O4. The highest BCUT2D eigenvalue weighted by molar-refractivity contribution is 5.72. The Hall–Kier alpha value is -2.75. The fourth-order valence-corrected chi connectivity index (χ4v) is 4.47. The molecule has 1 saturated carbocycles. The van der Waals surface area contributed by atoms with E-state index in [1.165, 1.54) is 58.3 Å². The van der Waals surface area contributed by atoms with Gasteiger partial charge in [0, 0.05) is 0 Å². The van der Waals surface area contributed by atoms with E-state index in [1.807, 2.05) is 36.4 Å². The second kappa shape index (κ2) is 13.1. The first kappa shape index (κ1) is 24.9. The van der Waals surface area contributed by atoms with E-state index in [0.29, 0.717) is 18.3 Å². The van der Waals surface area contributed by atoms with Crippen LogP contribution in [0.1, 0.15) is 65.2 Å². The number of carboxylic acids is 1. The highest BCUT2D eigenvalue weighted by atomic mass is 16.5. The Morgan fingerprint density at radius 1 is 0.970 bits per heavy atom. The number of rotatable bonds is 12. The average molecular weight is 451 g/mol. The van der Waals surface area contributed by atoms with E-state index in [9.17, 15) is 4.79 Å². The zero-order valence-corrected chi connectivity index (χ0v) is 20.0. The number of carbonyl (C=O) groups is 1. The molecular weight excluding hydrogens is 412 g/mol. The molecule has 2 aromatic rings. The largest absolute Gasteiger partial charge is 0.490 e. The summed E-state index contributed by atoms with van der Waals surface area (Å²) in [5.41, 5.74) is 2.12. The van der Waals surface area contributed by atoms with Crippen LogP contribution < -0.4 is 9.47 Å². The minimum Gasteiger partial charge on any atom is -0.490 e. The first-order valence-corrected chi connectivity index (χ1v) is 12.4. The molecule has 0 bridgehead atoms. The molecule has 4 heteroatoms. The molecule has 1 unspecified atom stereocenters. The van der Waals surface area contributed by atoms with Gasteiger partial charge in [0.05, 0.1) is 0 Å². The van der Waals surface area contributed by atoms with Crippen molar-refractivity contribution in [3.05, 3.63) is 60.7 Å². The fourth-order valence-electron chi connectivity index (χ4n) is 4.47. The number of aliphatic carboxylic acids is 1. The second-order valence-electron chi connectivity index (χ2n) is 9.16. The Bertz CT molecular complexity index is 861. The summed E-state index contributed by atoms with van der Waals surface area (Å²) in [5, 5.41) is 8.95. The SMILES string of the molecule is CCCCCC1CCC(C=CCOc2ccc(-c3ccc(OC(C)C(=O)O)cc3)cc2)CC1. The summed E-state index contributed by atoms with van der Waals surface area (Å²) < 4.78 is 11.3. The lowest BCUT2D eigenvalue weighted by molar-refractivity contribution is -0.144. The number of hydrogen-bond acceptors (Lipinski definition) is 3. The molecule has 0 radical (unpaired) electrons. The zero-order valence-electron chi connectivity index (χ0n) is 20.0. The summed E-state index contributed by atoms with van der Waals surface area (Å²) in [4.78, 5) is 10.9. The van der Waals surface area contributed by atoms with Crippen LogP contribution >= 0.6 is 0 Å². The summed E-state index contributed by atoms with van der Waals surface area (Å²) >= 11 is 0. The maximum absolute atomic E-state index is 10.9. The molecule has 4 nitrogen and oxygen atoms in total. The molecule has 0 spiro atoms. The van der Waals surface area contributed by atoms with E-state index >= 15 is 0 Å². The number of allylic oxidation sites excluding steroid dienone is 1. The van der Waals surface area contributed by atoms with Crippen molar-refractivity contribution in [2.75, 3.05) is 6.61 Å². The number of ether oxygens (including phenoxy) is 2. The van der Waals surface area contributed by atoms with Crippen molar-refractivity contribution in [3.63, 3.8) is 0 Å². The Balaban J connectivity index is 1.40. The molecule has 0 saturated heterocycles. The van der Waals surface area contributed by atoms with Gasteiger partial charge in [-0.1, -0.05) is 69.0 Å². The van der Waals surface area contributed by atoms with Crippen molar-refractivity contribution < 1.29 is 19.4 Å². The minimum absolute atomic E-state index is 0.547. The molecule has 0 aliphatic heterocycles. The Morgan fingerprint density at radius 2 is 1.58 bits per heavy atom. The monoisotopic (exact) mass is 450 g/mol. The molecule has 0 amide bonds. The number of carboxylic acid groups (broad SMARTS) is 1. The van der Waals surface area contributed by atoms with Gasteiger partial charge in [-0.2, -0.15) is 0 Å². The lowest BCUT2D eigenvalue weighted by Crippen LogP contribution is -2.22. The predicted octanol–water partition coefficient (Wildman–Crippen LogP) is 7.53. The third kappa shape index (κ3) is 8.27. The summed E-state index contributed by atoms with van der Waals surface area (Å²) in [5.74, 6) is 2.09. The van der Waals surface area contributed by atoms with Crippen LogP contribution in [0.2, 0.25) is 0 Å². The van der Waals surface area contributed by atoms with Gasteiger partial charge in [0.15, 0.2) is 6.10 Å². The molecule has 2 aromatic carbocycles. The lowest BCUT2D eigenvalue weighted by Gasteiger charge is -2.26. The van der Waals surface area contributed by atoms with Crippen molar-refractivity contribution in [3.8, 4) is 22.6 Å². The van der Waals surface area contributed by atoms with Crippen LogP contribution in [-0.4, -0.2) is 23.8 Å². The van der Waals surface area contributed by atoms with Gasteiger partial charge in [0.25, 0.3) is 0 Å². The van der Waals surface area contributed by atoms with Crippen LogP contribution in [-0.2, 0) is 4.79 Å². The molecule has 1 aliphatic carbocycles. The second-order valence-corrected chi connectivity index (χ2v) is 9.16. The lowest BCUT2D eigenvalue weighted by atomic mass is 9.79. The van der Waals surface area contributed by atoms with Gasteiger partial charge in [-0.05, 0) is 79.8 Å². The number of unbranched alkanes of at least 4 members (excludes halogenated alkanes) is 2. The van der Waals surface area contributed by atoms with Crippen LogP contribution in [0.3, 0.4) is 0 Å². The Labute approximate surface area is 198 Å². The molecule has 1 atom stereocenters. The normalized spacial score (nSPS) is 19.3. The van der Waals surface area contributed by atoms with E-state index < -0.39 is 12.1 Å². The first-order chi connectivity index (χ1) is 16.0. The van der Waals surface area contributed by atoms with E-state index in [1.54, 1.807) is 12.1 Å². The Morgan fingerprint density at radius 3 is 2.15 bits per heavy atom. The third-order valence-electron chi connectivity index (χ3n) is 6.56. The van der Waals surface area contributed by atoms with Crippen molar-refractivity contribution in [2.24, 2.45) is 11.8 Å². The van der Waals surface area contributed by atoms with E-state index in [2.05, 4.69) is 19.1 Å². The zero-order chi connectivity index (χ0) is 23.5. The minimum atomic E-state index is -0.977. The summed E-state index contributed by atoms with van der Waals surface area (Å²) in [6.07, 6.45) is 14.6. The number of benzene rings is 2. The maximum Gasteiger partial charge on any atom is 0.344 e. The number of hydrogen-bond donors (Lipinski definition) is 1. The first-order valence-electron chi connectivity index (χ1n) is 12.4. The molecule has 178 valence electrons. The average Bonchev–Trinajstić information content (AvgIpc) is 2.84. The van der Waals surface area contributed by atoms with Crippen molar-refractivity contribution >= 4 is 5.97 Å². The van der Waals surface area contributed by atoms with Gasteiger partial charge in [-0.15, -0.1) is 0 Å². The summed E-state index contributed by atoms with van der Waals surface area (Å²) in [6, 6.07) is 15.5. The van der Waals surface area contributed by atoms with Gasteiger partial charge in [-0.3, -0.25) is 0 Å². The summed E-state index contributed by atoms with van der Waals surface area (Å²) in [7, 11) is 0. The highest BCUT2D eigenvalue weighted by Crippen LogP contribution is 2.32. The van der Waals surface area contributed by atoms with Crippen LogP contribution in [0, 0.1) is 11.8 Å². The van der Waals surface area contributed by atoms with Gasteiger partial charge < -0.3 is 14.6 Å². The topological polar surface area (TPSA) is 55.8 Å². The van der Waals surface area contributed by atoms with Gasteiger partial charge in [0.2, 0.25) is 0 Å². The van der Waals surface area contributed by atoms with E-state index in [0.717, 1.165) is 22.8 Å². The van der Waals surface area contributed by atoms with Crippen molar-refractivity contribution in [2.45, 2.75) is 71.3 Å². The van der Waals surface area contributed by atoms with Crippen LogP contribution in [0.25, 0.3) is 11.1 Å². The van der Waals surface area contributed by atoms with E-state index in [4.69, 9.17) is 14.6 Å². The molecule has 1 N–H and O–H groups in total. The van der Waals surface area contributed by atoms with Crippen molar-refractivity contribution in [1.29, 1.82) is 0 Å². The predicted molar refractivity (Wildman–Crippen MR) is 134 cm³/mol. The van der Waals surface area contributed by atoms with Gasteiger partial charge in [-0.25, -0.2) is 4.79 Å². The smallest absolute Gasteiger partial charge is 0.344 e. The quantitative estimate of drug-likeness (QED) is 0.268. The highest BCUT2D eigenvalue weighted by Gasteiger charge is 2.18. The Kier molecular flexibility index (Phi) is 9.86.